The molecule has 0 spiro atoms. The highest BCUT2D eigenvalue weighted by atomic mass is 35.5. The first-order chi connectivity index (χ1) is 12.8. The summed E-state index contributed by atoms with van der Waals surface area (Å²) in [5.41, 5.74) is 0.998. The zero-order valence-electron chi connectivity index (χ0n) is 13.9. The fourth-order valence-electron chi connectivity index (χ4n) is 2.99. The Labute approximate surface area is 164 Å². The Kier molecular flexibility index (Phi) is 5.58. The summed E-state index contributed by atoms with van der Waals surface area (Å²) in [4.78, 5) is 48.7. The Hall–Kier alpha value is -2.70. The van der Waals surface area contributed by atoms with E-state index in [1.165, 1.54) is 0 Å². The first-order valence-electron chi connectivity index (χ1n) is 8.05. The van der Waals surface area contributed by atoms with E-state index >= 15 is 0 Å². The zero-order chi connectivity index (χ0) is 19.6. The predicted molar refractivity (Wildman–Crippen MR) is 99.8 cm³/mol. The van der Waals surface area contributed by atoms with E-state index in [-0.39, 0.29) is 12.2 Å². The highest BCUT2D eigenvalue weighted by Gasteiger charge is 2.41. The van der Waals surface area contributed by atoms with Crippen LogP contribution < -0.4 is 10.6 Å². The van der Waals surface area contributed by atoms with Crippen molar-refractivity contribution in [2.24, 2.45) is 5.92 Å². The van der Waals surface area contributed by atoms with Crippen molar-refractivity contribution >= 4 is 46.8 Å². The van der Waals surface area contributed by atoms with E-state index in [1.807, 2.05) is 0 Å². The van der Waals surface area contributed by atoms with Crippen LogP contribution >= 0.6 is 23.2 Å². The number of carbonyl (C=O) groups is 4. The second-order valence-corrected chi connectivity index (χ2v) is 6.95. The monoisotopic (exact) mass is 404 g/mol. The molecule has 6 nitrogen and oxygen atoms in total. The number of carbonyl (C=O) groups excluding carboxylic acids is 4. The number of benzene rings is 2. The van der Waals surface area contributed by atoms with Crippen LogP contribution in [0.15, 0.2) is 48.5 Å². The zero-order valence-corrected chi connectivity index (χ0v) is 15.4. The van der Waals surface area contributed by atoms with E-state index in [2.05, 4.69) is 10.6 Å². The van der Waals surface area contributed by atoms with Gasteiger partial charge in [0.05, 0.1) is 0 Å². The lowest BCUT2D eigenvalue weighted by Gasteiger charge is -2.28. The molecular formula is C19H14Cl2N2O4. The number of rotatable bonds is 5. The molecule has 1 fully saturated rings. The smallest absolute Gasteiger partial charge is 0.294 e. The van der Waals surface area contributed by atoms with Crippen LogP contribution in [0, 0.1) is 5.92 Å². The molecule has 0 radical (unpaired) electrons. The number of barbiturate groups is 1. The third kappa shape index (κ3) is 4.35. The highest BCUT2D eigenvalue weighted by molar-refractivity contribution is 6.31. The van der Waals surface area contributed by atoms with Gasteiger partial charge in [0, 0.05) is 27.9 Å². The van der Waals surface area contributed by atoms with Gasteiger partial charge >= 0.3 is 6.03 Å². The number of imide groups is 2. The van der Waals surface area contributed by atoms with Crippen LogP contribution in [0.5, 0.6) is 0 Å². The fraction of sp³-hybridized carbons (Fsp3) is 0.158. The lowest BCUT2D eigenvalue weighted by atomic mass is 9.79. The molecule has 1 heterocycles. The van der Waals surface area contributed by atoms with Crippen molar-refractivity contribution in [3.05, 3.63) is 69.7 Å². The maximum atomic E-state index is 12.7. The van der Waals surface area contributed by atoms with Crippen LogP contribution in [0.25, 0.3) is 0 Å². The van der Waals surface area contributed by atoms with Crippen molar-refractivity contribution < 1.29 is 19.2 Å². The lowest BCUT2D eigenvalue weighted by Crippen LogP contribution is -2.57. The number of halogens is 2. The number of amides is 4. The minimum absolute atomic E-state index is 0.108. The summed E-state index contributed by atoms with van der Waals surface area (Å²) in [5, 5.41) is 5.13. The van der Waals surface area contributed by atoms with Gasteiger partial charge in [0.15, 0.2) is 5.78 Å². The molecule has 1 aliphatic rings. The maximum Gasteiger partial charge on any atom is 0.328 e. The highest BCUT2D eigenvalue weighted by Crippen LogP contribution is 2.32. The van der Waals surface area contributed by atoms with Gasteiger partial charge in [-0.1, -0.05) is 35.3 Å². The van der Waals surface area contributed by atoms with Crippen molar-refractivity contribution in [2.45, 2.75) is 12.3 Å². The number of hydrogen-bond acceptors (Lipinski definition) is 4. The van der Waals surface area contributed by atoms with E-state index in [9.17, 15) is 19.2 Å². The van der Waals surface area contributed by atoms with Gasteiger partial charge < -0.3 is 0 Å². The van der Waals surface area contributed by atoms with Gasteiger partial charge in [-0.15, -0.1) is 0 Å². The first kappa shape index (κ1) is 19.1. The minimum atomic E-state index is -1.22. The van der Waals surface area contributed by atoms with Crippen molar-refractivity contribution in [1.29, 1.82) is 0 Å². The van der Waals surface area contributed by atoms with E-state index in [4.69, 9.17) is 23.2 Å². The Morgan fingerprint density at radius 1 is 0.852 bits per heavy atom. The van der Waals surface area contributed by atoms with Gasteiger partial charge in [0.2, 0.25) is 11.8 Å². The Bertz CT molecular complexity index is 890. The Morgan fingerprint density at radius 2 is 1.33 bits per heavy atom. The van der Waals surface area contributed by atoms with Crippen LogP contribution in [-0.2, 0) is 9.59 Å². The van der Waals surface area contributed by atoms with Crippen LogP contribution in [0.1, 0.15) is 28.3 Å². The summed E-state index contributed by atoms with van der Waals surface area (Å²) >= 11 is 11.8. The van der Waals surface area contributed by atoms with Crippen molar-refractivity contribution in [3.8, 4) is 0 Å². The molecule has 1 saturated heterocycles. The lowest BCUT2D eigenvalue weighted by molar-refractivity contribution is -0.136. The van der Waals surface area contributed by atoms with Gasteiger partial charge in [-0.3, -0.25) is 25.0 Å². The number of nitrogens with one attached hydrogen (secondary N) is 2. The molecule has 138 valence electrons. The molecular weight excluding hydrogens is 391 g/mol. The average Bonchev–Trinajstić information content (AvgIpc) is 2.61. The molecule has 8 heteroatoms. The van der Waals surface area contributed by atoms with Crippen LogP contribution in [-0.4, -0.2) is 23.6 Å². The molecule has 27 heavy (non-hydrogen) atoms. The predicted octanol–water partition coefficient (Wildman–Crippen LogP) is 3.33. The number of Topliss-reactive ketones (excluding diaryl/α,β-unsaturated/α-hetero) is 1. The largest absolute Gasteiger partial charge is 0.328 e. The van der Waals surface area contributed by atoms with E-state index in [0.29, 0.717) is 21.2 Å². The second kappa shape index (κ2) is 7.90. The molecule has 2 aromatic rings. The number of urea groups is 1. The summed E-state index contributed by atoms with van der Waals surface area (Å²) in [6.07, 6.45) is -0.108. The number of ketones is 1. The molecule has 1 unspecified atom stereocenters. The van der Waals surface area contributed by atoms with Crippen LogP contribution in [0.3, 0.4) is 0 Å². The van der Waals surface area contributed by atoms with Gasteiger partial charge in [0.25, 0.3) is 0 Å². The summed E-state index contributed by atoms with van der Waals surface area (Å²) < 4.78 is 0. The van der Waals surface area contributed by atoms with E-state index < -0.39 is 29.7 Å². The van der Waals surface area contributed by atoms with Gasteiger partial charge in [0.1, 0.15) is 5.92 Å². The summed E-state index contributed by atoms with van der Waals surface area (Å²) in [7, 11) is 0. The number of hydrogen-bond donors (Lipinski definition) is 2. The molecule has 2 N–H and O–H groups in total. The van der Waals surface area contributed by atoms with Gasteiger partial charge in [-0.25, -0.2) is 4.79 Å². The molecule has 4 amide bonds. The van der Waals surface area contributed by atoms with Gasteiger partial charge in [-0.2, -0.15) is 0 Å². The van der Waals surface area contributed by atoms with Crippen molar-refractivity contribution in [2.75, 3.05) is 0 Å². The molecule has 0 saturated carbocycles. The molecule has 0 aromatic heterocycles. The molecule has 0 bridgehead atoms. The standard InChI is InChI=1S/C19H14Cl2N2O4/c20-12-5-1-10(2-6-12)14(16-17(25)22-19(27)23-18(16)26)9-15(24)11-3-7-13(21)8-4-11/h1-8,14,16H,9H2,(H2,22,23,25,26,27). The van der Waals surface area contributed by atoms with Gasteiger partial charge in [-0.05, 0) is 42.0 Å². The summed E-state index contributed by atoms with van der Waals surface area (Å²) in [6.45, 7) is 0. The van der Waals surface area contributed by atoms with E-state index in [0.717, 1.165) is 0 Å². The fourth-order valence-corrected chi connectivity index (χ4v) is 3.24. The van der Waals surface area contributed by atoms with Crippen molar-refractivity contribution in [1.82, 2.24) is 10.6 Å². The van der Waals surface area contributed by atoms with Crippen LogP contribution in [0.2, 0.25) is 10.0 Å². The Balaban J connectivity index is 1.94. The topological polar surface area (TPSA) is 92.3 Å². The molecule has 1 atom stereocenters. The SMILES string of the molecule is O=C1NC(=O)C(C(CC(=O)c2ccc(Cl)cc2)c2ccc(Cl)cc2)C(=O)N1. The first-order valence-corrected chi connectivity index (χ1v) is 8.80. The summed E-state index contributed by atoms with van der Waals surface area (Å²) in [5.74, 6) is -3.73. The third-order valence-electron chi connectivity index (χ3n) is 4.31. The maximum absolute atomic E-state index is 12.7. The Morgan fingerprint density at radius 3 is 1.85 bits per heavy atom. The average molecular weight is 405 g/mol. The second-order valence-electron chi connectivity index (χ2n) is 6.08. The quantitative estimate of drug-likeness (QED) is 0.590. The summed E-state index contributed by atoms with van der Waals surface area (Å²) in [6, 6.07) is 12.0. The molecule has 2 aromatic carbocycles. The normalized spacial score (nSPS) is 15.9. The molecule has 1 aliphatic heterocycles. The molecule has 0 aliphatic carbocycles. The molecule has 3 rings (SSSR count). The minimum Gasteiger partial charge on any atom is -0.294 e. The van der Waals surface area contributed by atoms with Crippen molar-refractivity contribution in [3.63, 3.8) is 0 Å². The van der Waals surface area contributed by atoms with Crippen LogP contribution in [0.4, 0.5) is 4.79 Å². The van der Waals surface area contributed by atoms with E-state index in [1.54, 1.807) is 48.5 Å². The third-order valence-corrected chi connectivity index (χ3v) is 4.81.